The van der Waals surface area contributed by atoms with Crippen LogP contribution in [0, 0.1) is 5.41 Å². The smallest absolute Gasteiger partial charge is 0.323 e. The predicted octanol–water partition coefficient (Wildman–Crippen LogP) is 2.98. The number of carbonyl (C=O) groups is 1. The summed E-state index contributed by atoms with van der Waals surface area (Å²) in [5.74, 6) is -0.752. The third-order valence-electron chi connectivity index (χ3n) is 4.34. The van der Waals surface area contributed by atoms with Crippen LogP contribution in [0.3, 0.4) is 0 Å². The fraction of sp³-hybridized carbons (Fsp3) is 0.938. The summed E-state index contributed by atoms with van der Waals surface area (Å²) < 4.78 is 0. The molecule has 0 saturated carbocycles. The molecule has 0 aromatic rings. The van der Waals surface area contributed by atoms with Crippen LogP contribution in [0.15, 0.2) is 0 Å². The lowest BCUT2D eigenvalue weighted by atomic mass is 9.87. The molecule has 0 amide bonds. The summed E-state index contributed by atoms with van der Waals surface area (Å²) >= 11 is 0. The summed E-state index contributed by atoms with van der Waals surface area (Å²) in [5.41, 5.74) is -0.562. The molecule has 0 aromatic heterocycles. The van der Waals surface area contributed by atoms with Crippen molar-refractivity contribution < 1.29 is 9.90 Å². The first-order valence-electron chi connectivity index (χ1n) is 7.73. The topological polar surface area (TPSA) is 52.6 Å². The van der Waals surface area contributed by atoms with Gasteiger partial charge >= 0.3 is 5.97 Å². The molecule has 4 heteroatoms. The highest BCUT2D eigenvalue weighted by molar-refractivity contribution is 5.78. The van der Waals surface area contributed by atoms with Gasteiger partial charge in [-0.2, -0.15) is 0 Å². The van der Waals surface area contributed by atoms with Crippen molar-refractivity contribution in [3.05, 3.63) is 0 Å². The number of nitrogens with zero attached hydrogens (tertiary/aromatic N) is 1. The van der Waals surface area contributed by atoms with Gasteiger partial charge in [-0.3, -0.25) is 4.79 Å². The number of nitrogens with one attached hydrogen (secondary N) is 1. The second kappa shape index (κ2) is 7.99. The summed E-state index contributed by atoms with van der Waals surface area (Å²) in [6, 6.07) is 0.474. The van der Waals surface area contributed by atoms with Gasteiger partial charge in [0.1, 0.15) is 5.54 Å². The fourth-order valence-corrected chi connectivity index (χ4v) is 2.21. The molecule has 20 heavy (non-hydrogen) atoms. The van der Waals surface area contributed by atoms with Gasteiger partial charge in [-0.05, 0) is 58.7 Å². The van der Waals surface area contributed by atoms with Crippen molar-refractivity contribution in [3.8, 4) is 0 Å². The molecule has 4 nitrogen and oxygen atoms in total. The van der Waals surface area contributed by atoms with Crippen LogP contribution >= 0.6 is 0 Å². The molecule has 0 fully saturated rings. The molecule has 0 aliphatic carbocycles. The van der Waals surface area contributed by atoms with Gasteiger partial charge in [0.05, 0.1) is 0 Å². The van der Waals surface area contributed by atoms with E-state index in [2.05, 4.69) is 45.0 Å². The average Bonchev–Trinajstić information content (AvgIpc) is 2.33. The first-order valence-corrected chi connectivity index (χ1v) is 7.73. The van der Waals surface area contributed by atoms with E-state index in [1.807, 2.05) is 6.92 Å². The molecular formula is C16H34N2O2. The van der Waals surface area contributed by atoms with Gasteiger partial charge in [0.15, 0.2) is 0 Å². The van der Waals surface area contributed by atoms with Crippen molar-refractivity contribution in [3.63, 3.8) is 0 Å². The van der Waals surface area contributed by atoms with Crippen LogP contribution in [0.1, 0.15) is 60.8 Å². The number of aliphatic carboxylic acids is 1. The molecule has 0 radical (unpaired) electrons. The monoisotopic (exact) mass is 286 g/mol. The average molecular weight is 286 g/mol. The highest BCUT2D eigenvalue weighted by Gasteiger charge is 2.32. The second-order valence-electron chi connectivity index (χ2n) is 7.19. The van der Waals surface area contributed by atoms with Gasteiger partial charge in [-0.1, -0.05) is 27.7 Å². The Kier molecular flexibility index (Phi) is 7.74. The van der Waals surface area contributed by atoms with E-state index in [9.17, 15) is 9.90 Å². The molecule has 0 rings (SSSR count). The van der Waals surface area contributed by atoms with Crippen molar-refractivity contribution in [2.24, 2.45) is 5.41 Å². The molecule has 0 bridgehead atoms. The van der Waals surface area contributed by atoms with Crippen LogP contribution in [-0.4, -0.2) is 47.7 Å². The van der Waals surface area contributed by atoms with E-state index in [-0.39, 0.29) is 5.41 Å². The third kappa shape index (κ3) is 6.23. The summed E-state index contributed by atoms with van der Waals surface area (Å²) in [6.45, 7) is 14.4. The number of rotatable bonds is 9. The highest BCUT2D eigenvalue weighted by atomic mass is 16.4. The minimum absolute atomic E-state index is 0.241. The van der Waals surface area contributed by atoms with E-state index in [1.165, 1.54) is 0 Å². The van der Waals surface area contributed by atoms with E-state index < -0.39 is 11.5 Å². The molecule has 0 aliphatic heterocycles. The van der Waals surface area contributed by atoms with Gasteiger partial charge in [0.2, 0.25) is 0 Å². The van der Waals surface area contributed by atoms with Crippen LogP contribution in [0.5, 0.6) is 0 Å². The Morgan fingerprint density at radius 1 is 1.30 bits per heavy atom. The number of carboxylic acids is 1. The van der Waals surface area contributed by atoms with Crippen molar-refractivity contribution in [2.75, 3.05) is 20.1 Å². The molecule has 2 unspecified atom stereocenters. The van der Waals surface area contributed by atoms with Gasteiger partial charge < -0.3 is 15.3 Å². The number of hydrogen-bond donors (Lipinski definition) is 2. The predicted molar refractivity (Wildman–Crippen MR) is 85.1 cm³/mol. The summed E-state index contributed by atoms with van der Waals surface area (Å²) in [6.07, 6.45) is 2.49. The summed E-state index contributed by atoms with van der Waals surface area (Å²) in [5, 5.41) is 12.5. The molecule has 0 saturated heterocycles. The zero-order chi connectivity index (χ0) is 16.0. The minimum atomic E-state index is -0.804. The van der Waals surface area contributed by atoms with Crippen LogP contribution < -0.4 is 5.32 Å². The minimum Gasteiger partial charge on any atom is -0.480 e. The quantitative estimate of drug-likeness (QED) is 0.684. The molecule has 120 valence electrons. The molecule has 2 atom stereocenters. The Morgan fingerprint density at radius 2 is 1.85 bits per heavy atom. The normalized spacial score (nSPS) is 17.0. The first kappa shape index (κ1) is 19.4. The number of carboxylic acid groups (broad SMARTS) is 1. The SMILES string of the molecule is CCCNC(C)(CCCN(C)C(C)C(C)(C)C)C(=O)O. The van der Waals surface area contributed by atoms with Crippen molar-refractivity contribution in [1.82, 2.24) is 10.2 Å². The van der Waals surface area contributed by atoms with E-state index >= 15 is 0 Å². The standard InChI is InChI=1S/C16H34N2O2/c1-8-11-17-16(6,14(19)20)10-9-12-18(7)13(2)15(3,4)5/h13,17H,8-12H2,1-7H3,(H,19,20). The maximum Gasteiger partial charge on any atom is 0.323 e. The lowest BCUT2D eigenvalue weighted by Crippen LogP contribution is -2.50. The van der Waals surface area contributed by atoms with Crippen molar-refractivity contribution in [1.29, 1.82) is 0 Å². The fourth-order valence-electron chi connectivity index (χ4n) is 2.21. The number of hydrogen-bond acceptors (Lipinski definition) is 3. The molecule has 0 aromatic carbocycles. The Balaban J connectivity index is 4.34. The lowest BCUT2D eigenvalue weighted by molar-refractivity contribution is -0.144. The van der Waals surface area contributed by atoms with Crippen LogP contribution in [-0.2, 0) is 4.79 Å². The Labute approximate surface area is 124 Å². The van der Waals surface area contributed by atoms with Crippen LogP contribution in [0.25, 0.3) is 0 Å². The Bertz CT molecular complexity index is 299. The van der Waals surface area contributed by atoms with E-state index in [4.69, 9.17) is 0 Å². The highest BCUT2D eigenvalue weighted by Crippen LogP contribution is 2.23. The van der Waals surface area contributed by atoms with Crippen LogP contribution in [0.4, 0.5) is 0 Å². The second-order valence-corrected chi connectivity index (χ2v) is 7.19. The zero-order valence-corrected chi connectivity index (χ0v) is 14.4. The summed E-state index contributed by atoms with van der Waals surface area (Å²) in [4.78, 5) is 13.7. The maximum atomic E-state index is 11.4. The molecule has 2 N–H and O–H groups in total. The lowest BCUT2D eigenvalue weighted by Gasteiger charge is -2.36. The largest absolute Gasteiger partial charge is 0.480 e. The molecule has 0 aliphatic rings. The molecule has 0 spiro atoms. The Morgan fingerprint density at radius 3 is 2.25 bits per heavy atom. The molecule has 0 heterocycles. The molecular weight excluding hydrogens is 252 g/mol. The maximum absolute atomic E-state index is 11.4. The van der Waals surface area contributed by atoms with Gasteiger partial charge in [0.25, 0.3) is 0 Å². The zero-order valence-electron chi connectivity index (χ0n) is 14.4. The van der Waals surface area contributed by atoms with Crippen molar-refractivity contribution >= 4 is 5.97 Å². The third-order valence-corrected chi connectivity index (χ3v) is 4.34. The van der Waals surface area contributed by atoms with Gasteiger partial charge in [-0.25, -0.2) is 0 Å². The van der Waals surface area contributed by atoms with Crippen LogP contribution in [0.2, 0.25) is 0 Å². The van der Waals surface area contributed by atoms with Crippen molar-refractivity contribution in [2.45, 2.75) is 72.4 Å². The van der Waals surface area contributed by atoms with Gasteiger partial charge in [-0.15, -0.1) is 0 Å². The van der Waals surface area contributed by atoms with E-state index in [1.54, 1.807) is 6.92 Å². The van der Waals surface area contributed by atoms with Gasteiger partial charge in [0, 0.05) is 6.04 Å². The first-order chi connectivity index (χ1) is 9.04. The van der Waals surface area contributed by atoms with E-state index in [0.717, 1.165) is 25.9 Å². The van der Waals surface area contributed by atoms with E-state index in [0.29, 0.717) is 12.5 Å². The Hall–Kier alpha value is -0.610. The summed E-state index contributed by atoms with van der Waals surface area (Å²) in [7, 11) is 2.12.